The fraction of sp³-hybridized carbons (Fsp3) is 0.280. The second-order valence-electron chi connectivity index (χ2n) is 8.21. The van der Waals surface area contributed by atoms with Crippen LogP contribution in [0.5, 0.6) is 11.5 Å². The molecule has 0 aliphatic heterocycles. The van der Waals surface area contributed by atoms with Gasteiger partial charge in [-0.25, -0.2) is 22.6 Å². The van der Waals surface area contributed by atoms with E-state index >= 15 is 0 Å². The average molecular weight is 500 g/mol. The van der Waals surface area contributed by atoms with E-state index in [0.717, 1.165) is 6.26 Å². The van der Waals surface area contributed by atoms with E-state index in [2.05, 4.69) is 4.98 Å². The first kappa shape index (κ1) is 24.5. The van der Waals surface area contributed by atoms with E-state index in [9.17, 15) is 17.6 Å². The van der Waals surface area contributed by atoms with Crippen molar-refractivity contribution in [2.75, 3.05) is 25.7 Å². The van der Waals surface area contributed by atoms with Gasteiger partial charge in [0.15, 0.2) is 17.1 Å². The monoisotopic (exact) mass is 499 g/mol. The smallest absolute Gasteiger partial charge is 0.330 e. The molecule has 0 aliphatic rings. The summed E-state index contributed by atoms with van der Waals surface area (Å²) >= 11 is 0. The Labute approximate surface area is 202 Å². The van der Waals surface area contributed by atoms with Crippen LogP contribution in [0.1, 0.15) is 18.5 Å². The third-order valence-corrected chi connectivity index (χ3v) is 6.68. The molecule has 10 heteroatoms. The number of aromatic nitrogens is 3. The fourth-order valence-corrected chi connectivity index (χ4v) is 5.05. The molecule has 0 N–H and O–H groups in total. The summed E-state index contributed by atoms with van der Waals surface area (Å²) in [5, 5.41) is 0. The lowest BCUT2D eigenvalue weighted by Crippen LogP contribution is -2.31. The van der Waals surface area contributed by atoms with E-state index in [1.165, 1.54) is 28.5 Å². The largest absolute Gasteiger partial charge is 0.493 e. The van der Waals surface area contributed by atoms with Crippen molar-refractivity contribution in [1.82, 2.24) is 14.1 Å². The van der Waals surface area contributed by atoms with E-state index < -0.39 is 27.4 Å². The molecule has 2 aromatic carbocycles. The number of ether oxygens (including phenoxy) is 2. The lowest BCUT2D eigenvalue weighted by atomic mass is 10.1. The van der Waals surface area contributed by atoms with Crippen molar-refractivity contribution in [2.24, 2.45) is 7.05 Å². The molecule has 2 aromatic heterocycles. The first-order chi connectivity index (χ1) is 16.6. The lowest BCUT2D eigenvalue weighted by Gasteiger charge is -2.20. The van der Waals surface area contributed by atoms with Crippen LogP contribution in [0.15, 0.2) is 59.5 Å². The van der Waals surface area contributed by atoms with E-state index in [1.54, 1.807) is 49.5 Å². The molecule has 0 fully saturated rings. The summed E-state index contributed by atoms with van der Waals surface area (Å²) in [6.07, 6.45) is 2.60. The van der Waals surface area contributed by atoms with Gasteiger partial charge in [0.1, 0.15) is 15.7 Å². The number of nitrogens with zero attached hydrogens (tertiary/aromatic N) is 3. The predicted molar refractivity (Wildman–Crippen MR) is 132 cm³/mol. The van der Waals surface area contributed by atoms with Crippen LogP contribution in [0.25, 0.3) is 22.3 Å². The van der Waals surface area contributed by atoms with Crippen LogP contribution in [0.4, 0.5) is 4.39 Å². The topological polar surface area (TPSA) is 92.4 Å². The molecule has 4 aromatic rings. The lowest BCUT2D eigenvalue weighted by molar-refractivity contribution is 0.310. The van der Waals surface area contributed by atoms with E-state index in [0.29, 0.717) is 46.0 Å². The number of imidazole rings is 1. The van der Waals surface area contributed by atoms with Crippen LogP contribution in [-0.2, 0) is 16.9 Å². The molecular weight excluding hydrogens is 473 g/mol. The normalized spacial score (nSPS) is 12.6. The van der Waals surface area contributed by atoms with Crippen molar-refractivity contribution in [1.29, 1.82) is 0 Å². The first-order valence-electron chi connectivity index (χ1n) is 10.9. The summed E-state index contributed by atoms with van der Waals surface area (Å²) in [7, 11) is -0.426. The number of sulfone groups is 1. The minimum atomic E-state index is -3.51. The number of pyridine rings is 1. The number of methoxy groups -OCH3 is 1. The Morgan fingerprint density at radius 2 is 1.86 bits per heavy atom. The van der Waals surface area contributed by atoms with Crippen molar-refractivity contribution >= 4 is 21.0 Å². The Bertz CT molecular complexity index is 1560. The van der Waals surface area contributed by atoms with Gasteiger partial charge in [-0.15, -0.1) is 0 Å². The summed E-state index contributed by atoms with van der Waals surface area (Å²) in [6, 6.07) is 12.2. The van der Waals surface area contributed by atoms with Gasteiger partial charge in [0.05, 0.1) is 31.0 Å². The minimum absolute atomic E-state index is 0.292. The maximum atomic E-state index is 14.4. The number of benzene rings is 2. The van der Waals surface area contributed by atoms with Crippen molar-refractivity contribution < 1.29 is 22.3 Å². The standard InChI is InChI=1S/C25H26FN3O5S/c1-5-34-23-13-16(10-11-22(23)33-3)21(15-35(4,31)32)29-24-20(28(2)25(29)30)12-17(14-27-24)18-8-6-7-9-19(18)26/h6-14,21H,5,15H2,1-4H3/t21-/m0/s1. The molecule has 8 nitrogen and oxygen atoms in total. The third kappa shape index (κ3) is 4.79. The SMILES string of the molecule is CCOc1cc([C@H](CS(C)(=O)=O)n2c(=O)n(C)c3cc(-c4ccccc4F)cnc32)ccc1OC. The number of halogens is 1. The van der Waals surface area contributed by atoms with Gasteiger partial charge < -0.3 is 9.47 Å². The van der Waals surface area contributed by atoms with Gasteiger partial charge >= 0.3 is 5.69 Å². The van der Waals surface area contributed by atoms with Crippen molar-refractivity contribution in [2.45, 2.75) is 13.0 Å². The van der Waals surface area contributed by atoms with Gasteiger partial charge in [0.2, 0.25) is 0 Å². The van der Waals surface area contributed by atoms with Crippen LogP contribution < -0.4 is 15.2 Å². The number of fused-ring (bicyclic) bond motifs is 1. The summed E-state index contributed by atoms with van der Waals surface area (Å²) in [5.41, 5.74) is 1.71. The zero-order chi connectivity index (χ0) is 25.3. The molecule has 0 saturated carbocycles. The van der Waals surface area contributed by atoms with Crippen LogP contribution in [0.2, 0.25) is 0 Å². The minimum Gasteiger partial charge on any atom is -0.493 e. The van der Waals surface area contributed by atoms with Crippen LogP contribution in [0.3, 0.4) is 0 Å². The summed E-state index contributed by atoms with van der Waals surface area (Å²) in [4.78, 5) is 17.9. The molecular formula is C25H26FN3O5S. The first-order valence-corrected chi connectivity index (χ1v) is 13.0. The summed E-state index contributed by atoms with van der Waals surface area (Å²) in [5.74, 6) is 0.191. The molecule has 1 atom stereocenters. The molecule has 35 heavy (non-hydrogen) atoms. The van der Waals surface area contributed by atoms with Gasteiger partial charge in [0.25, 0.3) is 0 Å². The summed E-state index contributed by atoms with van der Waals surface area (Å²) in [6.45, 7) is 2.21. The zero-order valence-electron chi connectivity index (χ0n) is 19.9. The molecule has 0 bridgehead atoms. The van der Waals surface area contributed by atoms with Gasteiger partial charge in [-0.05, 0) is 36.8 Å². The Morgan fingerprint density at radius 1 is 1.11 bits per heavy atom. The van der Waals surface area contributed by atoms with E-state index in [-0.39, 0.29) is 5.75 Å². The number of rotatable bonds is 8. The van der Waals surface area contributed by atoms with Crippen molar-refractivity contribution in [3.8, 4) is 22.6 Å². The second kappa shape index (κ2) is 9.53. The van der Waals surface area contributed by atoms with Gasteiger partial charge in [-0.3, -0.25) is 9.13 Å². The molecule has 0 radical (unpaired) electrons. The number of hydrogen-bond acceptors (Lipinski definition) is 6. The van der Waals surface area contributed by atoms with Crippen LogP contribution in [-0.4, -0.2) is 48.3 Å². The Morgan fingerprint density at radius 3 is 2.51 bits per heavy atom. The highest BCUT2D eigenvalue weighted by atomic mass is 32.2. The Kier molecular flexibility index (Phi) is 6.66. The van der Waals surface area contributed by atoms with Crippen molar-refractivity contribution in [3.05, 3.63) is 76.6 Å². The van der Waals surface area contributed by atoms with Gasteiger partial charge in [-0.1, -0.05) is 24.3 Å². The van der Waals surface area contributed by atoms with Crippen LogP contribution in [0, 0.1) is 5.82 Å². The molecule has 4 rings (SSSR count). The highest BCUT2D eigenvalue weighted by Gasteiger charge is 2.27. The maximum Gasteiger partial charge on any atom is 0.330 e. The highest BCUT2D eigenvalue weighted by molar-refractivity contribution is 7.90. The molecule has 0 amide bonds. The number of hydrogen-bond donors (Lipinski definition) is 0. The van der Waals surface area contributed by atoms with Gasteiger partial charge in [-0.2, -0.15) is 0 Å². The highest BCUT2D eigenvalue weighted by Crippen LogP contribution is 2.33. The number of aryl methyl sites for hydroxylation is 1. The van der Waals surface area contributed by atoms with E-state index in [4.69, 9.17) is 9.47 Å². The quantitative estimate of drug-likeness (QED) is 0.368. The summed E-state index contributed by atoms with van der Waals surface area (Å²) < 4.78 is 52.9. The third-order valence-electron chi connectivity index (χ3n) is 5.76. The predicted octanol–water partition coefficient (Wildman–Crippen LogP) is 3.58. The van der Waals surface area contributed by atoms with Crippen LogP contribution >= 0.6 is 0 Å². The molecule has 0 unspecified atom stereocenters. The molecule has 0 saturated heterocycles. The van der Waals surface area contributed by atoms with E-state index in [1.807, 2.05) is 6.92 Å². The maximum absolute atomic E-state index is 14.4. The Hall–Kier alpha value is -3.66. The molecule has 0 spiro atoms. The molecule has 2 heterocycles. The molecule has 184 valence electrons. The average Bonchev–Trinajstić information content (AvgIpc) is 3.07. The molecule has 0 aliphatic carbocycles. The fourth-order valence-electron chi connectivity index (χ4n) is 4.13. The van der Waals surface area contributed by atoms with Crippen molar-refractivity contribution in [3.63, 3.8) is 0 Å². The Balaban J connectivity index is 1.94. The second-order valence-corrected chi connectivity index (χ2v) is 10.4. The van der Waals surface area contributed by atoms with Gasteiger partial charge in [0, 0.05) is 30.6 Å². The zero-order valence-corrected chi connectivity index (χ0v) is 20.7.